The Balaban J connectivity index is 0.000000782. The van der Waals surface area contributed by atoms with Gasteiger partial charge in [-0.05, 0) is 41.8 Å². The summed E-state index contributed by atoms with van der Waals surface area (Å²) >= 11 is 0. The summed E-state index contributed by atoms with van der Waals surface area (Å²) < 4.78 is 13.2. The van der Waals surface area contributed by atoms with Crippen molar-refractivity contribution >= 4 is 5.57 Å². The fraction of sp³-hybridized carbons (Fsp3) is 0.222. The Morgan fingerprint density at radius 3 is 2.27 bits per heavy atom. The maximum Gasteiger partial charge on any atom is 0.123 e. The summed E-state index contributed by atoms with van der Waals surface area (Å²) in [6.45, 7) is 10.6. The van der Waals surface area contributed by atoms with Gasteiger partial charge in [0.25, 0.3) is 0 Å². The summed E-state index contributed by atoms with van der Waals surface area (Å²) in [5.41, 5.74) is 7.04. The van der Waals surface area contributed by atoms with E-state index in [9.17, 15) is 4.39 Å². The quantitative estimate of drug-likeness (QED) is 0.465. The lowest BCUT2D eigenvalue weighted by molar-refractivity contribution is 0.623. The van der Waals surface area contributed by atoms with E-state index < -0.39 is 0 Å². The highest BCUT2D eigenvalue weighted by Gasteiger charge is 2.03. The van der Waals surface area contributed by atoms with Crippen LogP contribution < -0.4 is 5.32 Å². The molecular weight excluding hydrogens is 371 g/mol. The Morgan fingerprint density at radius 2 is 1.70 bits per heavy atom. The fourth-order valence-corrected chi connectivity index (χ4v) is 2.81. The zero-order chi connectivity index (χ0) is 21.3. The van der Waals surface area contributed by atoms with Crippen molar-refractivity contribution in [1.29, 1.82) is 0 Å². The number of aromatic nitrogens is 1. The summed E-state index contributed by atoms with van der Waals surface area (Å²) in [7, 11) is 0. The van der Waals surface area contributed by atoms with Crippen LogP contribution in [-0.2, 0) is 13.0 Å². The second-order valence-corrected chi connectivity index (χ2v) is 7.73. The minimum absolute atomic E-state index is 0.226. The number of rotatable bonds is 7. The van der Waals surface area contributed by atoms with Gasteiger partial charge in [0.1, 0.15) is 5.82 Å². The first-order valence-electron chi connectivity index (χ1n) is 10.4. The zero-order valence-corrected chi connectivity index (χ0v) is 17.6. The van der Waals surface area contributed by atoms with E-state index in [-0.39, 0.29) is 5.82 Å². The smallest absolute Gasteiger partial charge is 0.123 e. The molecule has 2 nitrogen and oxygen atoms in total. The number of halogens is 1. The Bertz CT molecular complexity index is 983. The van der Waals surface area contributed by atoms with Crippen LogP contribution in [0, 0.1) is 5.82 Å². The van der Waals surface area contributed by atoms with E-state index in [0.717, 1.165) is 39.2 Å². The molecule has 2 aromatic carbocycles. The van der Waals surface area contributed by atoms with Gasteiger partial charge in [-0.3, -0.25) is 4.98 Å². The van der Waals surface area contributed by atoms with Crippen LogP contribution >= 0.6 is 0 Å². The van der Waals surface area contributed by atoms with E-state index in [1.165, 1.54) is 31.4 Å². The molecule has 0 radical (unpaired) electrons. The predicted octanol–water partition coefficient (Wildman–Crippen LogP) is 6.94. The molecule has 1 aliphatic carbocycles. The molecule has 1 aromatic heterocycles. The van der Waals surface area contributed by atoms with Crippen LogP contribution in [0.5, 0.6) is 0 Å². The van der Waals surface area contributed by atoms with E-state index in [4.69, 9.17) is 0 Å². The van der Waals surface area contributed by atoms with Gasteiger partial charge in [0.05, 0.1) is 5.69 Å². The van der Waals surface area contributed by atoms with Gasteiger partial charge >= 0.3 is 0 Å². The first-order chi connectivity index (χ1) is 14.5. The minimum Gasteiger partial charge on any atom is -0.384 e. The van der Waals surface area contributed by atoms with E-state index >= 15 is 0 Å². The third-order valence-corrected chi connectivity index (χ3v) is 4.70. The van der Waals surface area contributed by atoms with Crippen molar-refractivity contribution in [3.63, 3.8) is 0 Å². The largest absolute Gasteiger partial charge is 0.384 e. The Hall–Kier alpha value is -3.20. The van der Waals surface area contributed by atoms with Gasteiger partial charge in [-0.25, -0.2) is 4.39 Å². The molecule has 0 spiro atoms. The molecule has 0 bridgehead atoms. The monoisotopic (exact) mass is 400 g/mol. The van der Waals surface area contributed by atoms with Crippen LogP contribution in [0.3, 0.4) is 0 Å². The van der Waals surface area contributed by atoms with Crippen LogP contribution in [-0.4, -0.2) is 4.98 Å². The number of benzene rings is 2. The van der Waals surface area contributed by atoms with Gasteiger partial charge in [-0.15, -0.1) is 0 Å². The molecule has 0 unspecified atom stereocenters. The van der Waals surface area contributed by atoms with Gasteiger partial charge in [0, 0.05) is 30.4 Å². The number of allylic oxidation sites excluding steroid dienone is 2. The van der Waals surface area contributed by atoms with Crippen LogP contribution in [0.15, 0.2) is 85.7 Å². The van der Waals surface area contributed by atoms with Crippen molar-refractivity contribution in [1.82, 2.24) is 10.3 Å². The molecule has 1 N–H and O–H groups in total. The van der Waals surface area contributed by atoms with E-state index in [2.05, 4.69) is 53.8 Å². The summed E-state index contributed by atoms with van der Waals surface area (Å²) in [6.07, 6.45) is 7.05. The lowest BCUT2D eigenvalue weighted by Crippen LogP contribution is -2.13. The van der Waals surface area contributed by atoms with Gasteiger partial charge < -0.3 is 5.32 Å². The van der Waals surface area contributed by atoms with E-state index in [1.54, 1.807) is 6.07 Å². The lowest BCUT2D eigenvalue weighted by atomic mass is 10.0. The number of nitrogens with one attached hydrogen (secondary N) is 1. The second-order valence-electron chi connectivity index (χ2n) is 7.73. The molecule has 0 saturated heterocycles. The van der Waals surface area contributed by atoms with Crippen molar-refractivity contribution in [3.05, 3.63) is 108 Å². The molecule has 154 valence electrons. The lowest BCUT2D eigenvalue weighted by Gasteiger charge is -2.10. The van der Waals surface area contributed by atoms with Gasteiger partial charge in [0.2, 0.25) is 0 Å². The molecule has 4 rings (SSSR count). The average molecular weight is 401 g/mol. The molecule has 1 heterocycles. The third-order valence-electron chi connectivity index (χ3n) is 4.70. The van der Waals surface area contributed by atoms with Crippen molar-refractivity contribution in [2.75, 3.05) is 0 Å². The Labute approximate surface area is 179 Å². The molecule has 1 aliphatic rings. The molecule has 1 saturated carbocycles. The molecule has 0 amide bonds. The highest BCUT2D eigenvalue weighted by atomic mass is 19.1. The van der Waals surface area contributed by atoms with E-state index in [0.29, 0.717) is 13.0 Å². The summed E-state index contributed by atoms with van der Waals surface area (Å²) in [5.74, 6) is -0.226. The maximum absolute atomic E-state index is 13.2. The predicted molar refractivity (Wildman–Crippen MR) is 124 cm³/mol. The fourth-order valence-electron chi connectivity index (χ4n) is 2.81. The summed E-state index contributed by atoms with van der Waals surface area (Å²) in [5, 5.41) is 3.24. The van der Waals surface area contributed by atoms with E-state index in [1.807, 2.05) is 25.3 Å². The van der Waals surface area contributed by atoms with Crippen LogP contribution in [0.1, 0.15) is 42.9 Å². The number of hydrogen-bond acceptors (Lipinski definition) is 2. The molecular formula is C27H29FN2. The van der Waals surface area contributed by atoms with Crippen LogP contribution in [0.25, 0.3) is 16.8 Å². The van der Waals surface area contributed by atoms with Crippen LogP contribution in [0.4, 0.5) is 4.39 Å². The molecule has 3 aromatic rings. The standard InChI is InChI=1S/C24H23FN2.C3H6/c1-17(2)21-8-10-22(11-9-21)24-12-7-20(16-27-24)13-18(3)26-15-19-5-4-6-23(25)14-19;1-2-3-1/h4-12,14,16,26H,1,3,13,15H2,2H3;1-3H2. The number of hydrogen-bond donors (Lipinski definition) is 1. The molecule has 0 aliphatic heterocycles. The van der Waals surface area contributed by atoms with Crippen molar-refractivity contribution < 1.29 is 4.39 Å². The Kier molecular flexibility index (Phi) is 7.56. The second kappa shape index (κ2) is 10.5. The van der Waals surface area contributed by atoms with Crippen molar-refractivity contribution in [2.45, 2.75) is 39.2 Å². The first-order valence-corrected chi connectivity index (χ1v) is 10.4. The normalized spacial score (nSPS) is 11.8. The van der Waals surface area contributed by atoms with Crippen molar-refractivity contribution in [2.24, 2.45) is 0 Å². The molecule has 30 heavy (non-hydrogen) atoms. The SMILES string of the molecule is C1CC1.C=C(Cc1ccc(-c2ccc(C(=C)C)cc2)nc1)NCc1cccc(F)c1. The highest BCUT2D eigenvalue weighted by molar-refractivity contribution is 5.66. The van der Waals surface area contributed by atoms with Gasteiger partial charge in [0.15, 0.2) is 0 Å². The number of pyridine rings is 1. The van der Waals surface area contributed by atoms with Gasteiger partial charge in [-0.2, -0.15) is 0 Å². The maximum atomic E-state index is 13.2. The first kappa shape index (κ1) is 21.5. The summed E-state index contributed by atoms with van der Waals surface area (Å²) in [4.78, 5) is 4.57. The minimum atomic E-state index is -0.226. The Morgan fingerprint density at radius 1 is 0.967 bits per heavy atom. The summed E-state index contributed by atoms with van der Waals surface area (Å²) in [6, 6.07) is 18.9. The number of nitrogens with zero attached hydrogens (tertiary/aromatic N) is 1. The molecule has 1 fully saturated rings. The van der Waals surface area contributed by atoms with Gasteiger partial charge in [-0.1, -0.05) is 80.5 Å². The third kappa shape index (κ3) is 7.00. The molecule has 3 heteroatoms. The van der Waals surface area contributed by atoms with Crippen LogP contribution in [0.2, 0.25) is 0 Å². The zero-order valence-electron chi connectivity index (χ0n) is 17.6. The molecule has 0 atom stereocenters. The topological polar surface area (TPSA) is 24.9 Å². The highest BCUT2D eigenvalue weighted by Crippen LogP contribution is 2.21. The average Bonchev–Trinajstić information content (AvgIpc) is 3.63. The van der Waals surface area contributed by atoms with Crippen molar-refractivity contribution in [3.8, 4) is 11.3 Å².